The van der Waals surface area contributed by atoms with Crippen LogP contribution in [0.1, 0.15) is 49.7 Å². The number of hydrogen-bond donors (Lipinski definition) is 1. The van der Waals surface area contributed by atoms with Gasteiger partial charge in [0.1, 0.15) is 5.82 Å². The van der Waals surface area contributed by atoms with Crippen molar-refractivity contribution in [3.05, 3.63) is 71.0 Å². The fourth-order valence-electron chi connectivity index (χ4n) is 4.33. The summed E-state index contributed by atoms with van der Waals surface area (Å²) in [6.07, 6.45) is 3.11. The fraction of sp³-hybridized carbons (Fsp3) is 0.423. The molecule has 2 unspecified atom stereocenters. The topological polar surface area (TPSA) is 66.5 Å². The predicted octanol–water partition coefficient (Wildman–Crippen LogP) is 4.73. The molecule has 2 fully saturated rings. The highest BCUT2D eigenvalue weighted by atomic mass is 32.2. The summed E-state index contributed by atoms with van der Waals surface area (Å²) in [6, 6.07) is 9.73. The molecule has 1 N–H and O–H groups in total. The van der Waals surface area contributed by atoms with Crippen LogP contribution in [0.4, 0.5) is 13.2 Å². The summed E-state index contributed by atoms with van der Waals surface area (Å²) in [5.74, 6) is -3.23. The molecule has 9 heteroatoms. The van der Waals surface area contributed by atoms with Gasteiger partial charge >= 0.3 is 0 Å². The maximum Gasteiger partial charge on any atom is 0.223 e. The zero-order valence-electron chi connectivity index (χ0n) is 19.1. The van der Waals surface area contributed by atoms with Gasteiger partial charge in [0, 0.05) is 42.8 Å². The van der Waals surface area contributed by atoms with Gasteiger partial charge in [-0.15, -0.1) is 0 Å². The van der Waals surface area contributed by atoms with Crippen molar-refractivity contribution in [2.24, 2.45) is 5.92 Å². The Morgan fingerprint density at radius 3 is 2.54 bits per heavy atom. The molecule has 186 valence electrons. The van der Waals surface area contributed by atoms with E-state index in [4.69, 9.17) is 0 Å². The second kappa shape index (κ2) is 11.3. The maximum absolute atomic E-state index is 14.1. The van der Waals surface area contributed by atoms with E-state index < -0.39 is 29.5 Å². The number of carbonyl (C=O) groups is 3. The summed E-state index contributed by atoms with van der Waals surface area (Å²) < 4.78 is 41.3. The standard InChI is InChI=1S/C26H27F3N2O3S/c27-19-11-18(25(29)21(28)12-19)14-31-20(8-9-24(31)33)13-23(32)30-22(10-16-6-7-16)26(34)35-15-17-4-2-1-3-5-17/h1-5,11-12,16,20,22H,6-10,13-15H2,(H,30,32). The Labute approximate surface area is 206 Å². The van der Waals surface area contributed by atoms with E-state index in [1.54, 1.807) is 0 Å². The molecule has 0 bridgehead atoms. The lowest BCUT2D eigenvalue weighted by Crippen LogP contribution is -2.43. The first kappa shape index (κ1) is 25.3. The molecular formula is C26H27F3N2O3S. The van der Waals surface area contributed by atoms with E-state index in [2.05, 4.69) is 5.32 Å². The molecular weight excluding hydrogens is 477 g/mol. The number of rotatable bonds is 10. The third-order valence-electron chi connectivity index (χ3n) is 6.39. The molecule has 1 aliphatic carbocycles. The van der Waals surface area contributed by atoms with Crippen LogP contribution in [0.5, 0.6) is 0 Å². The summed E-state index contributed by atoms with van der Waals surface area (Å²) in [7, 11) is 0. The third kappa shape index (κ3) is 6.87. The van der Waals surface area contributed by atoms with Crippen molar-refractivity contribution in [1.29, 1.82) is 0 Å². The highest BCUT2D eigenvalue weighted by Crippen LogP contribution is 2.35. The molecule has 2 aromatic carbocycles. The van der Waals surface area contributed by atoms with Gasteiger partial charge in [-0.2, -0.15) is 0 Å². The van der Waals surface area contributed by atoms with Gasteiger partial charge in [0.25, 0.3) is 0 Å². The first-order valence-electron chi connectivity index (χ1n) is 11.7. The van der Waals surface area contributed by atoms with E-state index in [-0.39, 0.29) is 41.9 Å². The summed E-state index contributed by atoms with van der Waals surface area (Å²) in [5.41, 5.74) is 0.741. The second-order valence-electron chi connectivity index (χ2n) is 9.17. The molecule has 1 saturated heterocycles. The number of carbonyl (C=O) groups excluding carboxylic acids is 3. The van der Waals surface area contributed by atoms with Crippen LogP contribution >= 0.6 is 11.8 Å². The van der Waals surface area contributed by atoms with Crippen molar-refractivity contribution in [2.45, 2.75) is 62.9 Å². The molecule has 2 aromatic rings. The minimum absolute atomic E-state index is 0.0665. The van der Waals surface area contributed by atoms with E-state index >= 15 is 0 Å². The number of halogens is 3. The van der Waals surface area contributed by atoms with Crippen LogP contribution < -0.4 is 5.32 Å². The molecule has 35 heavy (non-hydrogen) atoms. The van der Waals surface area contributed by atoms with Gasteiger partial charge in [-0.05, 0) is 30.4 Å². The fourth-order valence-corrected chi connectivity index (χ4v) is 5.19. The molecule has 0 aromatic heterocycles. The zero-order chi connectivity index (χ0) is 24.9. The quantitative estimate of drug-likeness (QED) is 0.475. The van der Waals surface area contributed by atoms with E-state index in [9.17, 15) is 27.6 Å². The Morgan fingerprint density at radius 1 is 1.09 bits per heavy atom. The van der Waals surface area contributed by atoms with Crippen LogP contribution in [0.2, 0.25) is 0 Å². The Bertz CT molecular complexity index is 1090. The third-order valence-corrected chi connectivity index (χ3v) is 7.44. The number of nitrogens with one attached hydrogen (secondary N) is 1. The monoisotopic (exact) mass is 504 g/mol. The number of nitrogens with zero attached hydrogens (tertiary/aromatic N) is 1. The molecule has 1 saturated carbocycles. The van der Waals surface area contributed by atoms with Crippen LogP contribution in [0.3, 0.4) is 0 Å². The number of hydrogen-bond acceptors (Lipinski definition) is 4. The van der Waals surface area contributed by atoms with Gasteiger partial charge in [0.2, 0.25) is 16.9 Å². The lowest BCUT2D eigenvalue weighted by molar-refractivity contribution is -0.131. The molecule has 0 radical (unpaired) electrons. The van der Waals surface area contributed by atoms with E-state index in [0.717, 1.165) is 24.5 Å². The summed E-state index contributed by atoms with van der Waals surface area (Å²) >= 11 is 1.17. The van der Waals surface area contributed by atoms with Crippen LogP contribution in [-0.4, -0.2) is 33.9 Å². The Kier molecular flexibility index (Phi) is 8.15. The average molecular weight is 505 g/mol. The van der Waals surface area contributed by atoms with Gasteiger partial charge in [-0.3, -0.25) is 14.4 Å². The lowest BCUT2D eigenvalue weighted by atomic mass is 10.1. The largest absolute Gasteiger partial charge is 0.345 e. The van der Waals surface area contributed by atoms with E-state index in [1.807, 2.05) is 30.3 Å². The van der Waals surface area contributed by atoms with Crippen LogP contribution in [0.15, 0.2) is 42.5 Å². The normalized spacial score (nSPS) is 18.5. The summed E-state index contributed by atoms with van der Waals surface area (Å²) in [5, 5.41) is 2.73. The first-order valence-corrected chi connectivity index (χ1v) is 12.7. The molecule has 1 heterocycles. The van der Waals surface area contributed by atoms with E-state index in [0.29, 0.717) is 30.6 Å². The van der Waals surface area contributed by atoms with Crippen molar-refractivity contribution < 1.29 is 27.6 Å². The number of benzene rings is 2. The van der Waals surface area contributed by atoms with Crippen molar-refractivity contribution in [2.75, 3.05) is 0 Å². The van der Waals surface area contributed by atoms with Crippen molar-refractivity contribution in [3.63, 3.8) is 0 Å². The molecule has 0 spiro atoms. The average Bonchev–Trinajstić information content (AvgIpc) is 3.59. The van der Waals surface area contributed by atoms with Gasteiger partial charge in [-0.1, -0.05) is 54.9 Å². The van der Waals surface area contributed by atoms with Crippen LogP contribution in [0, 0.1) is 23.4 Å². The molecule has 1 aliphatic heterocycles. The predicted molar refractivity (Wildman–Crippen MR) is 127 cm³/mol. The van der Waals surface area contributed by atoms with Crippen LogP contribution in [-0.2, 0) is 26.7 Å². The molecule has 2 aliphatic rings. The Hall–Kier alpha value is -2.81. The minimum atomic E-state index is -1.32. The second-order valence-corrected chi connectivity index (χ2v) is 10.2. The maximum atomic E-state index is 14.1. The highest BCUT2D eigenvalue weighted by molar-refractivity contribution is 8.13. The van der Waals surface area contributed by atoms with Gasteiger partial charge in [0.15, 0.2) is 11.6 Å². The molecule has 2 amide bonds. The molecule has 2 atom stereocenters. The van der Waals surface area contributed by atoms with Crippen LogP contribution in [0.25, 0.3) is 0 Å². The summed E-state index contributed by atoms with van der Waals surface area (Å²) in [6.45, 7) is -0.325. The number of likely N-dealkylation sites (tertiary alicyclic amines) is 1. The minimum Gasteiger partial charge on any atom is -0.345 e. The van der Waals surface area contributed by atoms with Gasteiger partial charge in [0.05, 0.1) is 6.04 Å². The number of amides is 2. The first-order chi connectivity index (χ1) is 16.8. The SMILES string of the molecule is O=C(CC1CCC(=O)N1Cc1cc(F)cc(F)c1F)NC(CC1CC1)C(=O)SCc1ccccc1. The highest BCUT2D eigenvalue weighted by Gasteiger charge is 2.35. The molecule has 5 nitrogen and oxygen atoms in total. The van der Waals surface area contributed by atoms with E-state index in [1.165, 1.54) is 16.7 Å². The van der Waals surface area contributed by atoms with Crippen molar-refractivity contribution in [3.8, 4) is 0 Å². The Balaban J connectivity index is 1.37. The summed E-state index contributed by atoms with van der Waals surface area (Å²) in [4.78, 5) is 39.4. The lowest BCUT2D eigenvalue weighted by Gasteiger charge is -2.26. The number of thioether (sulfide) groups is 1. The zero-order valence-corrected chi connectivity index (χ0v) is 20.0. The van der Waals surface area contributed by atoms with Crippen molar-refractivity contribution in [1.82, 2.24) is 10.2 Å². The van der Waals surface area contributed by atoms with Crippen molar-refractivity contribution >= 4 is 28.7 Å². The smallest absolute Gasteiger partial charge is 0.223 e. The van der Waals surface area contributed by atoms with Gasteiger partial charge < -0.3 is 10.2 Å². The van der Waals surface area contributed by atoms with Gasteiger partial charge in [-0.25, -0.2) is 13.2 Å². The Morgan fingerprint density at radius 2 is 1.83 bits per heavy atom. The molecule has 4 rings (SSSR count).